The standard InChI is InChI=1S/C26H28ClN7O2/c1-15-23(16(2)36-34-15)18-5-6-22-21(8-18)25(30-11-17-7-20(27)13-29-10-17)33-24(32-22)19(9-28)12-31-26(3,4)14-35/h5-10,12-13,35H,11,14,28H2,1-4H3,(H,30,32,33). The highest BCUT2D eigenvalue weighted by Crippen LogP contribution is 2.32. The molecule has 0 aliphatic rings. The maximum Gasteiger partial charge on any atom is 0.165 e. The smallest absolute Gasteiger partial charge is 0.165 e. The Hall–Kier alpha value is -3.82. The first-order chi connectivity index (χ1) is 17.2. The molecule has 0 saturated carbocycles. The number of aliphatic imine (C=N–C) groups is 1. The van der Waals surface area contributed by atoms with E-state index in [1.807, 2.05) is 52.0 Å². The van der Waals surface area contributed by atoms with Gasteiger partial charge in [-0.25, -0.2) is 9.97 Å². The number of benzene rings is 1. The average Bonchev–Trinajstić information content (AvgIpc) is 3.20. The molecule has 0 amide bonds. The van der Waals surface area contributed by atoms with E-state index >= 15 is 0 Å². The maximum absolute atomic E-state index is 9.55. The van der Waals surface area contributed by atoms with Gasteiger partial charge < -0.3 is 20.7 Å². The van der Waals surface area contributed by atoms with Crippen molar-refractivity contribution < 1.29 is 9.63 Å². The molecule has 0 atom stereocenters. The number of nitrogens with one attached hydrogen (secondary N) is 1. The number of fused-ring (bicyclic) bond motifs is 1. The van der Waals surface area contributed by atoms with Crippen molar-refractivity contribution in [2.75, 3.05) is 11.9 Å². The molecular weight excluding hydrogens is 478 g/mol. The molecule has 0 radical (unpaired) electrons. The summed E-state index contributed by atoms with van der Waals surface area (Å²) in [5, 5.41) is 18.4. The highest BCUT2D eigenvalue weighted by atomic mass is 35.5. The third-order valence-electron chi connectivity index (χ3n) is 5.62. The van der Waals surface area contributed by atoms with E-state index in [9.17, 15) is 5.11 Å². The van der Waals surface area contributed by atoms with E-state index in [1.54, 1.807) is 18.6 Å². The van der Waals surface area contributed by atoms with E-state index in [4.69, 9.17) is 31.8 Å². The monoisotopic (exact) mass is 505 g/mol. The lowest BCUT2D eigenvalue weighted by atomic mass is 10.0. The van der Waals surface area contributed by atoms with E-state index in [0.29, 0.717) is 28.8 Å². The van der Waals surface area contributed by atoms with Crippen LogP contribution in [-0.4, -0.2) is 43.6 Å². The number of hydrogen-bond donors (Lipinski definition) is 3. The zero-order valence-corrected chi connectivity index (χ0v) is 21.3. The predicted molar refractivity (Wildman–Crippen MR) is 143 cm³/mol. The van der Waals surface area contributed by atoms with Gasteiger partial charge >= 0.3 is 0 Å². The summed E-state index contributed by atoms with van der Waals surface area (Å²) in [5.74, 6) is 1.75. The number of hydrogen-bond acceptors (Lipinski definition) is 9. The Bertz CT molecular complexity index is 1440. The minimum Gasteiger partial charge on any atom is -0.404 e. The highest BCUT2D eigenvalue weighted by molar-refractivity contribution is 6.30. The van der Waals surface area contributed by atoms with Crippen molar-refractivity contribution >= 4 is 40.1 Å². The van der Waals surface area contributed by atoms with Gasteiger partial charge in [0.1, 0.15) is 11.6 Å². The Kier molecular flexibility index (Phi) is 7.32. The Morgan fingerprint density at radius 3 is 2.69 bits per heavy atom. The van der Waals surface area contributed by atoms with Crippen molar-refractivity contribution in [3.05, 3.63) is 70.7 Å². The van der Waals surface area contributed by atoms with Crippen molar-refractivity contribution in [2.24, 2.45) is 10.7 Å². The Morgan fingerprint density at radius 1 is 1.22 bits per heavy atom. The zero-order chi connectivity index (χ0) is 25.9. The highest BCUT2D eigenvalue weighted by Gasteiger charge is 2.17. The molecule has 3 aromatic heterocycles. The molecule has 36 heavy (non-hydrogen) atoms. The Labute approximate surface area is 214 Å². The van der Waals surface area contributed by atoms with Crippen LogP contribution in [0.4, 0.5) is 5.82 Å². The molecule has 0 aliphatic heterocycles. The number of aliphatic hydroxyl groups is 1. The first kappa shape index (κ1) is 25.3. The van der Waals surface area contributed by atoms with E-state index < -0.39 is 5.54 Å². The maximum atomic E-state index is 9.55. The fourth-order valence-corrected chi connectivity index (χ4v) is 3.84. The number of anilines is 1. The third-order valence-corrected chi connectivity index (χ3v) is 5.82. The summed E-state index contributed by atoms with van der Waals surface area (Å²) in [5.41, 5.74) is 10.1. The molecule has 0 unspecified atom stereocenters. The Morgan fingerprint density at radius 2 is 2.03 bits per heavy atom. The minimum atomic E-state index is -0.658. The summed E-state index contributed by atoms with van der Waals surface area (Å²) in [6.07, 6.45) is 6.32. The molecule has 3 heterocycles. The van der Waals surface area contributed by atoms with Crippen molar-refractivity contribution in [1.29, 1.82) is 0 Å². The summed E-state index contributed by atoms with van der Waals surface area (Å²) in [7, 11) is 0. The molecule has 186 valence electrons. The van der Waals surface area contributed by atoms with Crippen molar-refractivity contribution in [3.8, 4) is 11.1 Å². The quantitative estimate of drug-likeness (QED) is 0.293. The molecular formula is C26H28ClN7O2. The van der Waals surface area contributed by atoms with Crippen LogP contribution in [0.1, 0.15) is 36.7 Å². The lowest BCUT2D eigenvalue weighted by molar-refractivity contribution is 0.223. The van der Waals surface area contributed by atoms with Crippen LogP contribution in [0.5, 0.6) is 0 Å². The van der Waals surface area contributed by atoms with Crippen LogP contribution in [0.15, 0.2) is 52.4 Å². The van der Waals surface area contributed by atoms with Gasteiger partial charge in [-0.3, -0.25) is 9.98 Å². The SMILES string of the molecule is Cc1noc(C)c1-c1ccc2nc(C(C=NC(C)(C)CO)=CN)nc(NCc3cncc(Cl)c3)c2c1. The van der Waals surface area contributed by atoms with Gasteiger partial charge in [-0.1, -0.05) is 22.8 Å². The largest absolute Gasteiger partial charge is 0.404 e. The van der Waals surface area contributed by atoms with E-state index in [2.05, 4.69) is 20.4 Å². The minimum absolute atomic E-state index is 0.106. The number of aryl methyl sites for hydroxylation is 2. The molecule has 0 aliphatic carbocycles. The molecule has 0 saturated heterocycles. The van der Waals surface area contributed by atoms with E-state index in [0.717, 1.165) is 39.0 Å². The van der Waals surface area contributed by atoms with Crippen LogP contribution in [0.3, 0.4) is 0 Å². The number of halogens is 1. The van der Waals surface area contributed by atoms with Crippen LogP contribution < -0.4 is 11.1 Å². The third kappa shape index (κ3) is 5.53. The number of rotatable bonds is 8. The van der Waals surface area contributed by atoms with Gasteiger partial charge in [-0.05, 0) is 57.0 Å². The second kappa shape index (κ2) is 10.4. The van der Waals surface area contributed by atoms with Crippen LogP contribution in [0.25, 0.3) is 27.6 Å². The lowest BCUT2D eigenvalue weighted by Gasteiger charge is -2.16. The summed E-state index contributed by atoms with van der Waals surface area (Å²) in [6, 6.07) is 7.76. The normalized spacial score (nSPS) is 12.6. The molecule has 9 nitrogen and oxygen atoms in total. The van der Waals surface area contributed by atoms with Gasteiger partial charge in [0.15, 0.2) is 5.82 Å². The van der Waals surface area contributed by atoms with Gasteiger partial charge in [-0.2, -0.15) is 0 Å². The summed E-state index contributed by atoms with van der Waals surface area (Å²) < 4.78 is 5.37. The molecule has 0 fully saturated rings. The molecule has 1 aromatic carbocycles. The number of pyridine rings is 1. The molecule has 4 aromatic rings. The van der Waals surface area contributed by atoms with Crippen molar-refractivity contribution in [1.82, 2.24) is 20.1 Å². The number of aromatic nitrogens is 4. The molecule has 0 bridgehead atoms. The van der Waals surface area contributed by atoms with Crippen LogP contribution in [0, 0.1) is 13.8 Å². The van der Waals surface area contributed by atoms with E-state index in [-0.39, 0.29) is 6.61 Å². The van der Waals surface area contributed by atoms with E-state index in [1.165, 1.54) is 6.20 Å². The van der Waals surface area contributed by atoms with Crippen molar-refractivity contribution in [2.45, 2.75) is 39.8 Å². The second-order valence-corrected chi connectivity index (χ2v) is 9.48. The lowest BCUT2D eigenvalue weighted by Crippen LogP contribution is -2.22. The van der Waals surface area contributed by atoms with Crippen molar-refractivity contribution in [3.63, 3.8) is 0 Å². The van der Waals surface area contributed by atoms with Gasteiger partial charge in [0.2, 0.25) is 0 Å². The second-order valence-electron chi connectivity index (χ2n) is 9.04. The van der Waals surface area contributed by atoms with Gasteiger partial charge in [0.25, 0.3) is 0 Å². The number of allylic oxidation sites excluding steroid dienone is 1. The van der Waals surface area contributed by atoms with Gasteiger partial charge in [-0.15, -0.1) is 0 Å². The first-order valence-electron chi connectivity index (χ1n) is 11.4. The van der Waals surface area contributed by atoms with Gasteiger partial charge in [0.05, 0.1) is 34.0 Å². The molecule has 10 heteroatoms. The fourth-order valence-electron chi connectivity index (χ4n) is 3.64. The zero-order valence-electron chi connectivity index (χ0n) is 20.6. The van der Waals surface area contributed by atoms with Crippen LogP contribution in [0.2, 0.25) is 5.02 Å². The number of nitrogens with two attached hydrogens (primary N) is 1. The van der Waals surface area contributed by atoms with Crippen LogP contribution in [-0.2, 0) is 6.54 Å². The summed E-state index contributed by atoms with van der Waals surface area (Å²) in [6.45, 7) is 7.78. The first-order valence-corrected chi connectivity index (χ1v) is 11.8. The van der Waals surface area contributed by atoms with Gasteiger partial charge in [0, 0.05) is 42.3 Å². The number of nitrogens with zero attached hydrogens (tertiary/aromatic N) is 5. The summed E-state index contributed by atoms with van der Waals surface area (Å²) >= 11 is 6.11. The molecule has 4 N–H and O–H groups in total. The Balaban J connectivity index is 1.81. The average molecular weight is 506 g/mol. The number of aliphatic hydroxyl groups excluding tert-OH is 1. The fraction of sp³-hybridized carbons (Fsp3) is 0.269. The topological polar surface area (TPSA) is 135 Å². The molecule has 0 spiro atoms. The molecule has 4 rings (SSSR count). The predicted octanol–water partition coefficient (Wildman–Crippen LogP) is 4.70. The summed E-state index contributed by atoms with van der Waals surface area (Å²) in [4.78, 5) is 18.1. The van der Waals surface area contributed by atoms with Crippen LogP contribution >= 0.6 is 11.6 Å².